The fraction of sp³-hybridized carbons (Fsp3) is 0.174. The van der Waals surface area contributed by atoms with E-state index in [1.807, 2.05) is 49.4 Å². The van der Waals surface area contributed by atoms with E-state index in [1.165, 1.54) is 0 Å². The Bertz CT molecular complexity index is 1040. The predicted octanol–water partition coefficient (Wildman–Crippen LogP) is 3.40. The summed E-state index contributed by atoms with van der Waals surface area (Å²) in [6.45, 7) is 1.56. The fourth-order valence-electron chi connectivity index (χ4n) is 2.86. The van der Waals surface area contributed by atoms with Crippen molar-refractivity contribution >= 4 is 11.7 Å². The van der Waals surface area contributed by atoms with Crippen LogP contribution in [0.4, 0.5) is 0 Å². The Morgan fingerprint density at radius 3 is 2.61 bits per heavy atom. The van der Waals surface area contributed by atoms with Gasteiger partial charge in [0.25, 0.3) is 5.91 Å². The number of rotatable bonds is 9. The Hall–Kier alpha value is -4.07. The minimum absolute atomic E-state index is 0.0459. The summed E-state index contributed by atoms with van der Waals surface area (Å²) in [5.74, 6) is 1.29. The molecule has 3 N–H and O–H groups in total. The van der Waals surface area contributed by atoms with Gasteiger partial charge < -0.3 is 25.4 Å². The lowest BCUT2D eigenvalue weighted by molar-refractivity contribution is -0.126. The molecule has 2 aromatic carbocycles. The number of methoxy groups -OCH3 is 1. The van der Waals surface area contributed by atoms with Crippen LogP contribution in [-0.2, 0) is 9.63 Å². The molecular formula is C23H24N4O4. The van der Waals surface area contributed by atoms with E-state index in [-0.39, 0.29) is 30.3 Å². The molecule has 0 spiro atoms. The van der Waals surface area contributed by atoms with E-state index in [2.05, 4.69) is 15.5 Å². The van der Waals surface area contributed by atoms with Gasteiger partial charge in [-0.25, -0.2) is 4.98 Å². The zero-order valence-electron chi connectivity index (χ0n) is 17.3. The Morgan fingerprint density at radius 2 is 1.84 bits per heavy atom. The summed E-state index contributed by atoms with van der Waals surface area (Å²) in [6.07, 6.45) is 1.59. The Balaban J connectivity index is 1.59. The van der Waals surface area contributed by atoms with E-state index in [1.54, 1.807) is 37.6 Å². The van der Waals surface area contributed by atoms with Crippen LogP contribution < -0.4 is 20.5 Å². The van der Waals surface area contributed by atoms with Crippen LogP contribution in [0.3, 0.4) is 0 Å². The molecule has 31 heavy (non-hydrogen) atoms. The van der Waals surface area contributed by atoms with E-state index < -0.39 is 0 Å². The Kier molecular flexibility index (Phi) is 7.42. The molecule has 0 fully saturated rings. The molecule has 3 aromatic rings. The second kappa shape index (κ2) is 10.6. The number of para-hydroxylation sites is 2. The maximum Gasteiger partial charge on any atom is 0.261 e. The van der Waals surface area contributed by atoms with Gasteiger partial charge in [0.1, 0.15) is 11.5 Å². The van der Waals surface area contributed by atoms with Crippen LogP contribution >= 0.6 is 0 Å². The molecule has 8 heteroatoms. The number of oxime groups is 1. The average molecular weight is 420 g/mol. The van der Waals surface area contributed by atoms with Crippen LogP contribution in [0.15, 0.2) is 78.1 Å². The van der Waals surface area contributed by atoms with Crippen molar-refractivity contribution in [3.05, 3.63) is 84.1 Å². The molecule has 0 radical (unpaired) electrons. The molecule has 1 heterocycles. The molecule has 0 saturated heterocycles. The standard InChI is InChI=1S/C23H24N4O4/c1-16(18-11-6-7-13-20(18)29-2)26-21(28)15-30-27-22(24)19-12-8-14-25-23(19)31-17-9-4-3-5-10-17/h3-14,16H,15H2,1-2H3,(H2,24,27)(H,26,28). The number of pyridine rings is 1. The monoisotopic (exact) mass is 420 g/mol. The molecule has 160 valence electrons. The summed E-state index contributed by atoms with van der Waals surface area (Å²) in [5.41, 5.74) is 7.34. The number of amides is 1. The minimum Gasteiger partial charge on any atom is -0.496 e. The molecule has 0 saturated carbocycles. The molecule has 8 nitrogen and oxygen atoms in total. The summed E-state index contributed by atoms with van der Waals surface area (Å²) in [6, 6.07) is 19.8. The second-order valence-corrected chi connectivity index (χ2v) is 6.55. The second-order valence-electron chi connectivity index (χ2n) is 6.55. The molecule has 1 unspecified atom stereocenters. The van der Waals surface area contributed by atoms with Gasteiger partial charge in [-0.05, 0) is 37.3 Å². The third-order valence-electron chi connectivity index (χ3n) is 4.35. The first-order valence-corrected chi connectivity index (χ1v) is 9.64. The highest BCUT2D eigenvalue weighted by molar-refractivity contribution is 5.99. The number of amidine groups is 1. The maximum absolute atomic E-state index is 12.2. The first-order chi connectivity index (χ1) is 15.1. The Labute approximate surface area is 180 Å². The number of aromatic nitrogens is 1. The lowest BCUT2D eigenvalue weighted by Crippen LogP contribution is -2.30. The number of ether oxygens (including phenoxy) is 2. The van der Waals surface area contributed by atoms with Crippen molar-refractivity contribution in [3.63, 3.8) is 0 Å². The van der Waals surface area contributed by atoms with Gasteiger partial charge in [0.05, 0.1) is 18.7 Å². The van der Waals surface area contributed by atoms with Crippen molar-refractivity contribution in [2.45, 2.75) is 13.0 Å². The van der Waals surface area contributed by atoms with Gasteiger partial charge in [-0.2, -0.15) is 0 Å². The molecular weight excluding hydrogens is 396 g/mol. The predicted molar refractivity (Wildman–Crippen MR) is 117 cm³/mol. The van der Waals surface area contributed by atoms with Gasteiger partial charge in [-0.1, -0.05) is 41.6 Å². The van der Waals surface area contributed by atoms with Gasteiger partial charge in [-0.15, -0.1) is 0 Å². The third-order valence-corrected chi connectivity index (χ3v) is 4.35. The topological polar surface area (TPSA) is 108 Å². The van der Waals surface area contributed by atoms with Crippen molar-refractivity contribution in [2.24, 2.45) is 10.9 Å². The van der Waals surface area contributed by atoms with E-state index in [9.17, 15) is 4.79 Å². The molecule has 0 aliphatic heterocycles. The number of hydrogen-bond acceptors (Lipinski definition) is 6. The van der Waals surface area contributed by atoms with E-state index in [0.29, 0.717) is 17.1 Å². The highest BCUT2D eigenvalue weighted by atomic mass is 16.6. The quantitative estimate of drug-likeness (QED) is 0.312. The summed E-state index contributed by atoms with van der Waals surface area (Å²) in [5, 5.41) is 6.68. The van der Waals surface area contributed by atoms with Crippen molar-refractivity contribution in [3.8, 4) is 17.4 Å². The number of carbonyl (C=O) groups is 1. The van der Waals surface area contributed by atoms with E-state index in [4.69, 9.17) is 20.0 Å². The molecule has 0 bridgehead atoms. The highest BCUT2D eigenvalue weighted by Crippen LogP contribution is 2.24. The number of nitrogens with zero attached hydrogens (tertiary/aromatic N) is 2. The number of carbonyl (C=O) groups excluding carboxylic acids is 1. The van der Waals surface area contributed by atoms with Crippen molar-refractivity contribution in [1.29, 1.82) is 0 Å². The van der Waals surface area contributed by atoms with Gasteiger partial charge >= 0.3 is 0 Å². The van der Waals surface area contributed by atoms with Gasteiger partial charge in [0, 0.05) is 11.8 Å². The van der Waals surface area contributed by atoms with Crippen LogP contribution in [0.25, 0.3) is 0 Å². The highest BCUT2D eigenvalue weighted by Gasteiger charge is 2.14. The molecule has 3 rings (SSSR count). The van der Waals surface area contributed by atoms with Crippen LogP contribution in [0.5, 0.6) is 17.4 Å². The van der Waals surface area contributed by atoms with Gasteiger partial charge in [0.15, 0.2) is 12.4 Å². The SMILES string of the molecule is COc1ccccc1C(C)NC(=O)CO/N=C(/N)c1cccnc1Oc1ccccc1. The zero-order valence-corrected chi connectivity index (χ0v) is 17.3. The fourth-order valence-corrected chi connectivity index (χ4v) is 2.86. The smallest absolute Gasteiger partial charge is 0.261 e. The van der Waals surface area contributed by atoms with Gasteiger partial charge in [-0.3, -0.25) is 4.79 Å². The molecule has 1 atom stereocenters. The molecule has 1 aromatic heterocycles. The van der Waals surface area contributed by atoms with Crippen LogP contribution in [0.1, 0.15) is 24.1 Å². The number of nitrogens with one attached hydrogen (secondary N) is 1. The van der Waals surface area contributed by atoms with E-state index in [0.717, 1.165) is 5.56 Å². The number of nitrogens with two attached hydrogens (primary N) is 1. The normalized spacial score (nSPS) is 12.0. The molecule has 1 amide bonds. The molecule has 0 aliphatic rings. The van der Waals surface area contributed by atoms with Crippen molar-refractivity contribution in [1.82, 2.24) is 10.3 Å². The van der Waals surface area contributed by atoms with Crippen molar-refractivity contribution < 1.29 is 19.1 Å². The van der Waals surface area contributed by atoms with Crippen LogP contribution in [-0.4, -0.2) is 30.4 Å². The lowest BCUT2D eigenvalue weighted by atomic mass is 10.1. The van der Waals surface area contributed by atoms with Crippen LogP contribution in [0, 0.1) is 0 Å². The first kappa shape index (κ1) is 21.6. The first-order valence-electron chi connectivity index (χ1n) is 9.64. The lowest BCUT2D eigenvalue weighted by Gasteiger charge is -2.16. The summed E-state index contributed by atoms with van der Waals surface area (Å²) in [7, 11) is 1.59. The van der Waals surface area contributed by atoms with E-state index >= 15 is 0 Å². The average Bonchev–Trinajstić information content (AvgIpc) is 2.80. The van der Waals surface area contributed by atoms with Crippen LogP contribution in [0.2, 0.25) is 0 Å². The van der Waals surface area contributed by atoms with Crippen molar-refractivity contribution in [2.75, 3.05) is 13.7 Å². The summed E-state index contributed by atoms with van der Waals surface area (Å²) >= 11 is 0. The third kappa shape index (κ3) is 5.96. The Morgan fingerprint density at radius 1 is 1.10 bits per heavy atom. The largest absolute Gasteiger partial charge is 0.496 e. The zero-order chi connectivity index (χ0) is 22.1. The summed E-state index contributed by atoms with van der Waals surface area (Å²) < 4.78 is 11.1. The maximum atomic E-state index is 12.2. The molecule has 0 aliphatic carbocycles. The number of hydrogen-bond donors (Lipinski definition) is 2. The van der Waals surface area contributed by atoms with Gasteiger partial charge in [0.2, 0.25) is 5.88 Å². The number of benzene rings is 2. The summed E-state index contributed by atoms with van der Waals surface area (Å²) in [4.78, 5) is 21.6. The minimum atomic E-state index is -0.345.